The maximum absolute atomic E-state index is 12.9. The standard InChI is InChI=1S/C23H26N2O4/c1-2-29-21(26)15-24-23(28)25-14-6-9-20(16-25)22(27)19-12-10-18(11-13-19)17-7-4-3-5-8-17/h3-5,7-8,10-13,20H,2,6,9,14-16H2,1H3,(H,24,28). The highest BCUT2D eigenvalue weighted by atomic mass is 16.5. The second-order valence-corrected chi connectivity index (χ2v) is 7.06. The summed E-state index contributed by atoms with van der Waals surface area (Å²) < 4.78 is 4.81. The maximum atomic E-state index is 12.9. The molecule has 2 amide bonds. The smallest absolute Gasteiger partial charge is 0.325 e. The van der Waals surface area contributed by atoms with Crippen molar-refractivity contribution in [3.05, 3.63) is 60.2 Å². The van der Waals surface area contributed by atoms with Crippen LogP contribution in [0.25, 0.3) is 11.1 Å². The number of rotatable bonds is 6. The number of hydrogen-bond donors (Lipinski definition) is 1. The van der Waals surface area contributed by atoms with Crippen LogP contribution in [0, 0.1) is 5.92 Å². The second kappa shape index (κ2) is 9.87. The number of hydrogen-bond acceptors (Lipinski definition) is 4. The van der Waals surface area contributed by atoms with Crippen molar-refractivity contribution >= 4 is 17.8 Å². The first kappa shape index (κ1) is 20.6. The molecule has 1 unspecified atom stereocenters. The van der Waals surface area contributed by atoms with Gasteiger partial charge in [0.1, 0.15) is 6.54 Å². The molecular weight excluding hydrogens is 368 g/mol. The number of nitrogens with zero attached hydrogens (tertiary/aromatic N) is 1. The van der Waals surface area contributed by atoms with Crippen LogP contribution in [-0.2, 0) is 9.53 Å². The highest BCUT2D eigenvalue weighted by Crippen LogP contribution is 2.24. The first-order valence-electron chi connectivity index (χ1n) is 9.96. The zero-order valence-corrected chi connectivity index (χ0v) is 16.6. The fourth-order valence-electron chi connectivity index (χ4n) is 3.54. The fourth-order valence-corrected chi connectivity index (χ4v) is 3.54. The summed E-state index contributed by atoms with van der Waals surface area (Å²) in [5.41, 5.74) is 2.82. The number of amides is 2. The van der Waals surface area contributed by atoms with E-state index in [1.54, 1.807) is 11.8 Å². The molecule has 3 rings (SSSR count). The third-order valence-corrected chi connectivity index (χ3v) is 5.05. The number of ether oxygens (including phenoxy) is 1. The molecule has 1 aliphatic rings. The van der Waals surface area contributed by atoms with Crippen LogP contribution in [0.2, 0.25) is 0 Å². The van der Waals surface area contributed by atoms with Crippen LogP contribution in [0.15, 0.2) is 54.6 Å². The number of carbonyl (C=O) groups is 3. The van der Waals surface area contributed by atoms with Crippen LogP contribution < -0.4 is 5.32 Å². The number of carbonyl (C=O) groups excluding carboxylic acids is 3. The number of likely N-dealkylation sites (tertiary alicyclic amines) is 1. The summed E-state index contributed by atoms with van der Waals surface area (Å²) in [7, 11) is 0. The van der Waals surface area contributed by atoms with E-state index in [1.165, 1.54) is 0 Å². The van der Waals surface area contributed by atoms with Gasteiger partial charge in [0.25, 0.3) is 0 Å². The topological polar surface area (TPSA) is 75.7 Å². The highest BCUT2D eigenvalue weighted by molar-refractivity contribution is 5.98. The molecule has 1 saturated heterocycles. The summed E-state index contributed by atoms with van der Waals surface area (Å²) in [5.74, 6) is -0.656. The van der Waals surface area contributed by atoms with E-state index in [-0.39, 0.29) is 30.9 Å². The van der Waals surface area contributed by atoms with Crippen molar-refractivity contribution in [3.63, 3.8) is 0 Å². The molecule has 0 aromatic heterocycles. The van der Waals surface area contributed by atoms with Crippen molar-refractivity contribution in [2.45, 2.75) is 19.8 Å². The Balaban J connectivity index is 1.59. The van der Waals surface area contributed by atoms with Gasteiger partial charge in [-0.15, -0.1) is 0 Å². The van der Waals surface area contributed by atoms with Crippen LogP contribution in [0.3, 0.4) is 0 Å². The number of urea groups is 1. The van der Waals surface area contributed by atoms with Crippen molar-refractivity contribution in [3.8, 4) is 11.1 Å². The Hall–Kier alpha value is -3.15. The van der Waals surface area contributed by atoms with Gasteiger partial charge in [0.2, 0.25) is 0 Å². The van der Waals surface area contributed by atoms with Crippen LogP contribution in [0.4, 0.5) is 4.79 Å². The summed E-state index contributed by atoms with van der Waals surface area (Å²) in [6.07, 6.45) is 1.51. The molecule has 1 N–H and O–H groups in total. The van der Waals surface area contributed by atoms with Gasteiger partial charge >= 0.3 is 12.0 Å². The van der Waals surface area contributed by atoms with Crippen molar-refractivity contribution in [1.82, 2.24) is 10.2 Å². The Morgan fingerprint density at radius 3 is 2.41 bits per heavy atom. The number of benzene rings is 2. The number of esters is 1. The minimum Gasteiger partial charge on any atom is -0.465 e. The highest BCUT2D eigenvalue weighted by Gasteiger charge is 2.29. The maximum Gasteiger partial charge on any atom is 0.325 e. The number of ketones is 1. The molecule has 152 valence electrons. The summed E-state index contributed by atoms with van der Waals surface area (Å²) in [6.45, 7) is 2.76. The molecule has 1 heterocycles. The van der Waals surface area contributed by atoms with Gasteiger partial charge in [0.05, 0.1) is 6.61 Å². The molecule has 0 spiro atoms. The van der Waals surface area contributed by atoms with Gasteiger partial charge in [-0.2, -0.15) is 0 Å². The molecule has 1 aliphatic heterocycles. The molecule has 0 aliphatic carbocycles. The predicted molar refractivity (Wildman–Crippen MR) is 111 cm³/mol. The van der Waals surface area contributed by atoms with Gasteiger partial charge in [0.15, 0.2) is 5.78 Å². The molecule has 0 saturated carbocycles. The first-order valence-corrected chi connectivity index (χ1v) is 9.96. The van der Waals surface area contributed by atoms with Crippen molar-refractivity contribution in [2.24, 2.45) is 5.92 Å². The first-order chi connectivity index (χ1) is 14.1. The van der Waals surface area contributed by atoms with Crippen molar-refractivity contribution in [1.29, 1.82) is 0 Å². The summed E-state index contributed by atoms with van der Waals surface area (Å²) in [5, 5.41) is 2.56. The van der Waals surface area contributed by atoms with Crippen LogP contribution in [0.1, 0.15) is 30.1 Å². The average molecular weight is 394 g/mol. The molecule has 1 fully saturated rings. The van der Waals surface area contributed by atoms with E-state index in [0.717, 1.165) is 24.0 Å². The SMILES string of the molecule is CCOC(=O)CNC(=O)N1CCCC(C(=O)c2ccc(-c3ccccc3)cc2)C1. The van der Waals surface area contributed by atoms with E-state index in [4.69, 9.17) is 4.74 Å². The lowest BCUT2D eigenvalue weighted by molar-refractivity contribution is -0.141. The van der Waals surface area contributed by atoms with E-state index in [2.05, 4.69) is 5.32 Å². The number of piperidine rings is 1. The zero-order valence-electron chi connectivity index (χ0n) is 16.6. The van der Waals surface area contributed by atoms with Crippen molar-refractivity contribution in [2.75, 3.05) is 26.2 Å². The minimum atomic E-state index is -0.469. The van der Waals surface area contributed by atoms with E-state index in [9.17, 15) is 14.4 Å². The van der Waals surface area contributed by atoms with Gasteiger partial charge in [0, 0.05) is 24.6 Å². The van der Waals surface area contributed by atoms with Gasteiger partial charge in [-0.25, -0.2) is 4.79 Å². The molecule has 0 bridgehead atoms. The van der Waals surface area contributed by atoms with Crippen LogP contribution in [-0.4, -0.2) is 48.9 Å². The fraction of sp³-hybridized carbons (Fsp3) is 0.348. The molecule has 2 aromatic carbocycles. The Labute approximate surface area is 170 Å². The van der Waals surface area contributed by atoms with Gasteiger partial charge in [-0.3, -0.25) is 9.59 Å². The largest absolute Gasteiger partial charge is 0.465 e. The molecule has 0 radical (unpaired) electrons. The monoisotopic (exact) mass is 394 g/mol. The summed E-state index contributed by atoms with van der Waals surface area (Å²) >= 11 is 0. The van der Waals surface area contributed by atoms with E-state index in [0.29, 0.717) is 18.7 Å². The molecule has 6 nitrogen and oxygen atoms in total. The average Bonchev–Trinajstić information content (AvgIpc) is 2.78. The van der Waals surface area contributed by atoms with E-state index >= 15 is 0 Å². The lowest BCUT2D eigenvalue weighted by atomic mass is 9.89. The number of Topliss-reactive ketones (excluding diaryl/α,β-unsaturated/α-hetero) is 1. The number of nitrogens with one attached hydrogen (secondary N) is 1. The lowest BCUT2D eigenvalue weighted by Gasteiger charge is -2.32. The summed E-state index contributed by atoms with van der Waals surface area (Å²) in [4.78, 5) is 38.3. The molecule has 29 heavy (non-hydrogen) atoms. The Morgan fingerprint density at radius 1 is 1.03 bits per heavy atom. The molecule has 1 atom stereocenters. The third-order valence-electron chi connectivity index (χ3n) is 5.05. The molecule has 6 heteroatoms. The minimum absolute atomic E-state index is 0.0486. The third kappa shape index (κ3) is 5.44. The van der Waals surface area contributed by atoms with Gasteiger partial charge < -0.3 is 15.0 Å². The van der Waals surface area contributed by atoms with Gasteiger partial charge in [-0.05, 0) is 30.9 Å². The lowest BCUT2D eigenvalue weighted by Crippen LogP contribution is -2.48. The van der Waals surface area contributed by atoms with Crippen LogP contribution in [0.5, 0.6) is 0 Å². The molecular formula is C23H26N2O4. The van der Waals surface area contributed by atoms with E-state index in [1.807, 2.05) is 54.6 Å². The predicted octanol–water partition coefficient (Wildman–Crippen LogP) is 3.52. The summed E-state index contributed by atoms with van der Waals surface area (Å²) in [6, 6.07) is 17.3. The Bertz CT molecular complexity index is 849. The van der Waals surface area contributed by atoms with Gasteiger partial charge in [-0.1, -0.05) is 54.6 Å². The second-order valence-electron chi connectivity index (χ2n) is 7.06. The van der Waals surface area contributed by atoms with Crippen molar-refractivity contribution < 1.29 is 19.1 Å². The van der Waals surface area contributed by atoms with Crippen LogP contribution >= 0.6 is 0 Å². The zero-order chi connectivity index (χ0) is 20.6. The normalized spacial score (nSPS) is 16.2. The quantitative estimate of drug-likeness (QED) is 0.601. The van der Waals surface area contributed by atoms with E-state index < -0.39 is 5.97 Å². The Morgan fingerprint density at radius 2 is 1.72 bits per heavy atom. The Kier molecular flexibility index (Phi) is 7.00. The molecule has 2 aromatic rings.